The fourth-order valence-corrected chi connectivity index (χ4v) is 2.26. The van der Waals surface area contributed by atoms with Gasteiger partial charge in [-0.25, -0.2) is 0 Å². The summed E-state index contributed by atoms with van der Waals surface area (Å²) in [5, 5.41) is 12.6. The third kappa shape index (κ3) is 3.07. The fraction of sp³-hybridized carbons (Fsp3) is 0.133. The Hall–Kier alpha value is -1.56. The molecule has 0 atom stereocenters. The van der Waals surface area contributed by atoms with Crippen LogP contribution in [0.15, 0.2) is 36.4 Å². The number of nitrogens with one attached hydrogen (secondary N) is 1. The molecule has 19 heavy (non-hydrogen) atoms. The number of phenols is 1. The molecule has 0 saturated carbocycles. The zero-order valence-corrected chi connectivity index (χ0v) is 12.9. The van der Waals surface area contributed by atoms with Gasteiger partial charge < -0.3 is 10.4 Å². The van der Waals surface area contributed by atoms with Crippen molar-refractivity contribution in [1.82, 2.24) is 0 Å². The third-order valence-electron chi connectivity index (χ3n) is 3.06. The molecule has 0 aliphatic carbocycles. The molecule has 2 aromatic carbocycles. The van der Waals surface area contributed by atoms with E-state index in [1.165, 1.54) is 6.07 Å². The molecule has 3 nitrogen and oxygen atoms in total. The number of phenolic OH excluding ortho intramolecular Hbond substituents is 1. The lowest BCUT2D eigenvalue weighted by Gasteiger charge is -2.11. The molecule has 0 aromatic heterocycles. The van der Waals surface area contributed by atoms with Gasteiger partial charge in [-0.1, -0.05) is 12.1 Å². The van der Waals surface area contributed by atoms with Crippen LogP contribution in [0.2, 0.25) is 0 Å². The molecule has 98 valence electrons. The Balaban J connectivity index is 2.31. The van der Waals surface area contributed by atoms with E-state index in [0.29, 0.717) is 0 Å². The average molecular weight is 367 g/mol. The zero-order chi connectivity index (χ0) is 14.0. The maximum atomic E-state index is 12.2. The van der Waals surface area contributed by atoms with Crippen molar-refractivity contribution in [2.75, 3.05) is 5.32 Å². The van der Waals surface area contributed by atoms with Crippen molar-refractivity contribution in [2.24, 2.45) is 0 Å². The van der Waals surface area contributed by atoms with Crippen LogP contribution >= 0.6 is 22.6 Å². The minimum Gasteiger partial charge on any atom is -0.507 e. The van der Waals surface area contributed by atoms with E-state index < -0.39 is 0 Å². The molecular weight excluding hydrogens is 353 g/mol. The number of carbonyl (C=O) groups is 1. The van der Waals surface area contributed by atoms with Gasteiger partial charge >= 0.3 is 0 Å². The second-order valence-electron chi connectivity index (χ2n) is 4.36. The number of hydrogen-bond donors (Lipinski definition) is 2. The first-order valence-corrected chi connectivity index (χ1v) is 6.93. The molecule has 0 aliphatic rings. The summed E-state index contributed by atoms with van der Waals surface area (Å²) in [5.74, 6) is -0.312. The Morgan fingerprint density at radius 2 is 1.95 bits per heavy atom. The van der Waals surface area contributed by atoms with Gasteiger partial charge in [-0.2, -0.15) is 0 Å². The Morgan fingerprint density at radius 1 is 1.21 bits per heavy atom. The van der Waals surface area contributed by atoms with Gasteiger partial charge in [-0.15, -0.1) is 0 Å². The van der Waals surface area contributed by atoms with Crippen LogP contribution in [-0.2, 0) is 0 Å². The summed E-state index contributed by atoms with van der Waals surface area (Å²) in [6.07, 6.45) is 0. The molecule has 0 unspecified atom stereocenters. The van der Waals surface area contributed by atoms with Crippen LogP contribution in [0.1, 0.15) is 21.5 Å². The summed E-state index contributed by atoms with van der Waals surface area (Å²) in [7, 11) is 0. The molecular formula is C15H14INO2. The van der Waals surface area contributed by atoms with Crippen molar-refractivity contribution in [3.63, 3.8) is 0 Å². The van der Waals surface area contributed by atoms with Crippen LogP contribution < -0.4 is 5.32 Å². The number of carbonyl (C=O) groups excluding carboxylic acids is 1. The maximum absolute atomic E-state index is 12.2. The van der Waals surface area contributed by atoms with Crippen LogP contribution in [0.5, 0.6) is 5.75 Å². The normalized spacial score (nSPS) is 10.3. The SMILES string of the molecule is Cc1cccc(NC(=O)c2cc(I)ccc2O)c1C. The standard InChI is InChI=1S/C15H14INO2/c1-9-4-3-5-13(10(9)2)17-15(19)12-8-11(16)6-7-14(12)18/h3-8,18H,1-2H3,(H,17,19). The summed E-state index contributed by atoms with van der Waals surface area (Å²) < 4.78 is 0.904. The fourth-order valence-electron chi connectivity index (χ4n) is 1.77. The first kappa shape index (κ1) is 13.9. The van der Waals surface area contributed by atoms with Crippen LogP contribution in [0, 0.1) is 17.4 Å². The highest BCUT2D eigenvalue weighted by atomic mass is 127. The Bertz CT molecular complexity index is 638. The van der Waals surface area contributed by atoms with Gasteiger partial charge in [0.05, 0.1) is 5.56 Å². The Morgan fingerprint density at radius 3 is 2.68 bits per heavy atom. The summed E-state index contributed by atoms with van der Waals surface area (Å²) in [6.45, 7) is 3.95. The average Bonchev–Trinajstić information content (AvgIpc) is 2.38. The predicted molar refractivity (Wildman–Crippen MR) is 84.7 cm³/mol. The molecule has 4 heteroatoms. The number of halogens is 1. The predicted octanol–water partition coefficient (Wildman–Crippen LogP) is 3.87. The summed E-state index contributed by atoms with van der Waals surface area (Å²) >= 11 is 2.11. The zero-order valence-electron chi connectivity index (χ0n) is 10.7. The Labute approximate surface area is 125 Å². The molecule has 0 saturated heterocycles. The number of amides is 1. The van der Waals surface area contributed by atoms with Gasteiger partial charge in [0.1, 0.15) is 5.75 Å². The van der Waals surface area contributed by atoms with Crippen LogP contribution in [0.4, 0.5) is 5.69 Å². The van der Waals surface area contributed by atoms with Crippen molar-refractivity contribution < 1.29 is 9.90 Å². The van der Waals surface area contributed by atoms with Crippen LogP contribution in [0.25, 0.3) is 0 Å². The van der Waals surface area contributed by atoms with E-state index in [2.05, 4.69) is 27.9 Å². The topological polar surface area (TPSA) is 49.3 Å². The van der Waals surface area contributed by atoms with Gasteiger partial charge in [-0.05, 0) is 71.8 Å². The lowest BCUT2D eigenvalue weighted by Crippen LogP contribution is -2.13. The number of aryl methyl sites for hydroxylation is 1. The van der Waals surface area contributed by atoms with Gasteiger partial charge in [0, 0.05) is 9.26 Å². The first-order valence-electron chi connectivity index (χ1n) is 5.85. The molecule has 0 heterocycles. The molecule has 0 radical (unpaired) electrons. The lowest BCUT2D eigenvalue weighted by atomic mass is 10.1. The summed E-state index contributed by atoms with van der Waals surface area (Å²) in [6, 6.07) is 10.7. The number of anilines is 1. The van der Waals surface area contributed by atoms with Crippen molar-refractivity contribution >= 4 is 34.2 Å². The highest BCUT2D eigenvalue weighted by Gasteiger charge is 2.13. The molecule has 1 amide bonds. The summed E-state index contributed by atoms with van der Waals surface area (Å²) in [5.41, 5.74) is 3.20. The van der Waals surface area contributed by atoms with E-state index >= 15 is 0 Å². The number of rotatable bonds is 2. The van der Waals surface area contributed by atoms with Crippen molar-refractivity contribution in [2.45, 2.75) is 13.8 Å². The maximum Gasteiger partial charge on any atom is 0.259 e. The van der Waals surface area contributed by atoms with E-state index in [1.54, 1.807) is 12.1 Å². The molecule has 0 spiro atoms. The molecule has 2 N–H and O–H groups in total. The van der Waals surface area contributed by atoms with Crippen molar-refractivity contribution in [3.8, 4) is 5.75 Å². The molecule has 0 fully saturated rings. The van der Waals surface area contributed by atoms with Crippen molar-refractivity contribution in [3.05, 3.63) is 56.7 Å². The quantitative estimate of drug-likeness (QED) is 0.792. The summed E-state index contributed by atoms with van der Waals surface area (Å²) in [4.78, 5) is 12.2. The smallest absolute Gasteiger partial charge is 0.259 e. The van der Waals surface area contributed by atoms with Gasteiger partial charge in [0.25, 0.3) is 5.91 Å². The van der Waals surface area contributed by atoms with E-state index in [9.17, 15) is 9.90 Å². The highest BCUT2D eigenvalue weighted by molar-refractivity contribution is 14.1. The number of benzene rings is 2. The van der Waals surface area contributed by atoms with E-state index in [4.69, 9.17) is 0 Å². The lowest BCUT2D eigenvalue weighted by molar-refractivity contribution is 0.102. The van der Waals surface area contributed by atoms with E-state index in [0.717, 1.165) is 20.4 Å². The second-order valence-corrected chi connectivity index (χ2v) is 5.61. The van der Waals surface area contributed by atoms with E-state index in [1.807, 2.05) is 32.0 Å². The minimum absolute atomic E-state index is 0.0109. The third-order valence-corrected chi connectivity index (χ3v) is 3.73. The van der Waals surface area contributed by atoms with Crippen LogP contribution in [0.3, 0.4) is 0 Å². The largest absolute Gasteiger partial charge is 0.507 e. The van der Waals surface area contributed by atoms with Crippen molar-refractivity contribution in [1.29, 1.82) is 0 Å². The molecule has 0 bridgehead atoms. The molecule has 0 aliphatic heterocycles. The molecule has 2 rings (SSSR count). The van der Waals surface area contributed by atoms with Gasteiger partial charge in [0.2, 0.25) is 0 Å². The monoisotopic (exact) mass is 367 g/mol. The number of aromatic hydroxyl groups is 1. The van der Waals surface area contributed by atoms with E-state index in [-0.39, 0.29) is 17.2 Å². The number of hydrogen-bond acceptors (Lipinski definition) is 2. The second kappa shape index (κ2) is 5.61. The first-order chi connectivity index (χ1) is 8.99. The van der Waals surface area contributed by atoms with Gasteiger partial charge in [0.15, 0.2) is 0 Å². The van der Waals surface area contributed by atoms with Crippen LogP contribution in [-0.4, -0.2) is 11.0 Å². The minimum atomic E-state index is -0.301. The van der Waals surface area contributed by atoms with Gasteiger partial charge in [-0.3, -0.25) is 4.79 Å². The Kier molecular flexibility index (Phi) is 4.09. The highest BCUT2D eigenvalue weighted by Crippen LogP contribution is 2.23. The molecule has 2 aromatic rings.